The van der Waals surface area contributed by atoms with E-state index in [9.17, 15) is 4.79 Å². The third kappa shape index (κ3) is 5.32. The molecule has 0 aromatic heterocycles. The normalized spacial score (nSPS) is 12.9. The molecule has 17 heavy (non-hydrogen) atoms. The van der Waals surface area contributed by atoms with Crippen molar-refractivity contribution in [2.45, 2.75) is 20.8 Å². The Balaban J connectivity index is 4.61. The third-order valence-electron chi connectivity index (χ3n) is 1.73. The van der Waals surface area contributed by atoms with Crippen LogP contribution in [0.5, 0.6) is 0 Å². The summed E-state index contributed by atoms with van der Waals surface area (Å²) in [6.07, 6.45) is 1.12. The molecule has 0 unspecified atom stereocenters. The summed E-state index contributed by atoms with van der Waals surface area (Å²) in [5, 5.41) is 23.8. The second kappa shape index (κ2) is 7.87. The zero-order chi connectivity index (χ0) is 13.3. The van der Waals surface area contributed by atoms with Gasteiger partial charge in [0.1, 0.15) is 6.07 Å². The van der Waals surface area contributed by atoms with E-state index in [0.717, 1.165) is 6.20 Å². The minimum Gasteiger partial charge on any atom is -0.462 e. The second-order valence-corrected chi connectivity index (χ2v) is 2.90. The van der Waals surface area contributed by atoms with Gasteiger partial charge < -0.3 is 9.94 Å². The van der Waals surface area contributed by atoms with E-state index in [-0.39, 0.29) is 12.2 Å². The highest BCUT2D eigenvalue weighted by Crippen LogP contribution is 1.94. The van der Waals surface area contributed by atoms with Gasteiger partial charge >= 0.3 is 5.97 Å². The van der Waals surface area contributed by atoms with E-state index in [2.05, 4.69) is 20.4 Å². The van der Waals surface area contributed by atoms with Gasteiger partial charge in [-0.25, -0.2) is 4.79 Å². The van der Waals surface area contributed by atoms with Crippen molar-refractivity contribution in [3.8, 4) is 6.07 Å². The van der Waals surface area contributed by atoms with Crippen LogP contribution < -0.4 is 5.43 Å². The number of ether oxygens (including phenoxy) is 1. The Kier molecular flexibility index (Phi) is 6.78. The van der Waals surface area contributed by atoms with Crippen LogP contribution in [0.3, 0.4) is 0 Å². The second-order valence-electron chi connectivity index (χ2n) is 2.90. The number of hydrazone groups is 1. The summed E-state index contributed by atoms with van der Waals surface area (Å²) >= 11 is 0. The molecule has 0 radical (unpaired) electrons. The van der Waals surface area contributed by atoms with Crippen LogP contribution in [0.4, 0.5) is 0 Å². The van der Waals surface area contributed by atoms with Gasteiger partial charge in [-0.05, 0) is 20.8 Å². The summed E-state index contributed by atoms with van der Waals surface area (Å²) in [6.45, 7) is 4.99. The summed E-state index contributed by atoms with van der Waals surface area (Å²) < 4.78 is 4.64. The molecule has 0 spiro atoms. The molecule has 0 bridgehead atoms. The lowest BCUT2D eigenvalue weighted by molar-refractivity contribution is -0.138. The van der Waals surface area contributed by atoms with E-state index in [4.69, 9.17) is 10.5 Å². The largest absolute Gasteiger partial charge is 0.462 e. The highest BCUT2D eigenvalue weighted by Gasteiger charge is 2.08. The van der Waals surface area contributed by atoms with Crippen LogP contribution in [-0.2, 0) is 9.53 Å². The maximum atomic E-state index is 11.2. The first-order chi connectivity index (χ1) is 8.06. The first-order valence-corrected chi connectivity index (χ1v) is 4.83. The fraction of sp³-hybridized carbons (Fsp3) is 0.400. The number of hydrogen-bond acceptors (Lipinski definition) is 7. The molecule has 0 saturated carbocycles. The van der Waals surface area contributed by atoms with E-state index in [1.165, 1.54) is 0 Å². The number of nitrogens with one attached hydrogen (secondary N) is 1. The quantitative estimate of drug-likeness (QED) is 0.184. The van der Waals surface area contributed by atoms with Gasteiger partial charge in [-0.3, -0.25) is 5.43 Å². The molecule has 0 amide bonds. The Morgan fingerprint density at radius 1 is 1.53 bits per heavy atom. The smallest absolute Gasteiger partial charge is 0.350 e. The van der Waals surface area contributed by atoms with Gasteiger partial charge in [-0.15, -0.1) is 0 Å². The van der Waals surface area contributed by atoms with Crippen molar-refractivity contribution >= 4 is 17.4 Å². The van der Waals surface area contributed by atoms with Crippen molar-refractivity contribution < 1.29 is 14.7 Å². The molecule has 7 nitrogen and oxygen atoms in total. The van der Waals surface area contributed by atoms with Gasteiger partial charge in [-0.1, -0.05) is 5.16 Å². The molecule has 0 aliphatic rings. The fourth-order valence-electron chi connectivity index (χ4n) is 0.693. The number of esters is 1. The SMILES string of the molecule is CCOC(=O)C(C#N)=CNN=C(C)C(C)=NO. The number of nitrogens with zero attached hydrogens (tertiary/aromatic N) is 3. The van der Waals surface area contributed by atoms with Crippen LogP contribution in [0.25, 0.3) is 0 Å². The maximum absolute atomic E-state index is 11.2. The molecule has 2 N–H and O–H groups in total. The zero-order valence-corrected chi connectivity index (χ0v) is 9.89. The van der Waals surface area contributed by atoms with E-state index in [1.54, 1.807) is 26.8 Å². The molecule has 0 saturated heterocycles. The van der Waals surface area contributed by atoms with Crippen molar-refractivity contribution in [1.82, 2.24) is 5.43 Å². The predicted molar refractivity (Wildman–Crippen MR) is 61.5 cm³/mol. The van der Waals surface area contributed by atoms with Gasteiger partial charge in [-0.2, -0.15) is 10.4 Å². The number of hydrogen-bond donors (Lipinski definition) is 2. The summed E-state index contributed by atoms with van der Waals surface area (Å²) in [7, 11) is 0. The summed E-state index contributed by atoms with van der Waals surface area (Å²) in [4.78, 5) is 11.2. The van der Waals surface area contributed by atoms with Gasteiger partial charge in [0.2, 0.25) is 0 Å². The topological polar surface area (TPSA) is 107 Å². The standard InChI is InChI=1S/C10H14N4O3/c1-4-17-10(15)9(5-11)6-12-13-7(2)8(3)14-16/h6,12,16H,4H2,1-3H3. The van der Waals surface area contributed by atoms with Gasteiger partial charge in [0, 0.05) is 6.20 Å². The van der Waals surface area contributed by atoms with Gasteiger partial charge in [0.15, 0.2) is 5.57 Å². The lowest BCUT2D eigenvalue weighted by Gasteiger charge is -2.00. The number of rotatable bonds is 5. The lowest BCUT2D eigenvalue weighted by atomic mass is 10.3. The van der Waals surface area contributed by atoms with Crippen LogP contribution in [0.2, 0.25) is 0 Å². The number of oxime groups is 1. The summed E-state index contributed by atoms with van der Waals surface area (Å²) in [5.74, 6) is -0.720. The molecule has 0 aliphatic heterocycles. The molecular formula is C10H14N4O3. The molecule has 0 rings (SSSR count). The van der Waals surface area contributed by atoms with Crippen LogP contribution in [0.15, 0.2) is 22.0 Å². The molecular weight excluding hydrogens is 224 g/mol. The van der Waals surface area contributed by atoms with Crippen LogP contribution in [0, 0.1) is 11.3 Å². The molecule has 0 aromatic carbocycles. The van der Waals surface area contributed by atoms with E-state index in [0.29, 0.717) is 11.4 Å². The van der Waals surface area contributed by atoms with Crippen molar-refractivity contribution in [3.05, 3.63) is 11.8 Å². The van der Waals surface area contributed by atoms with Crippen molar-refractivity contribution in [1.29, 1.82) is 5.26 Å². The number of nitriles is 1. The van der Waals surface area contributed by atoms with E-state index < -0.39 is 5.97 Å². The number of carbonyl (C=O) groups is 1. The first kappa shape index (κ1) is 14.6. The van der Waals surface area contributed by atoms with Crippen molar-refractivity contribution in [2.24, 2.45) is 10.3 Å². The molecule has 0 atom stereocenters. The lowest BCUT2D eigenvalue weighted by Crippen LogP contribution is -2.13. The highest BCUT2D eigenvalue weighted by molar-refractivity contribution is 6.40. The Bertz CT molecular complexity index is 404. The minimum atomic E-state index is -0.720. The summed E-state index contributed by atoms with van der Waals surface area (Å²) in [6, 6.07) is 1.68. The molecule has 92 valence electrons. The predicted octanol–water partition coefficient (Wildman–Crippen LogP) is 0.773. The monoisotopic (exact) mass is 238 g/mol. The first-order valence-electron chi connectivity index (χ1n) is 4.83. The van der Waals surface area contributed by atoms with Gasteiger partial charge in [0.05, 0.1) is 18.0 Å². The Morgan fingerprint density at radius 3 is 2.65 bits per heavy atom. The average molecular weight is 238 g/mol. The maximum Gasteiger partial charge on any atom is 0.350 e. The fourth-order valence-corrected chi connectivity index (χ4v) is 0.693. The van der Waals surface area contributed by atoms with Crippen molar-refractivity contribution in [2.75, 3.05) is 6.61 Å². The van der Waals surface area contributed by atoms with Crippen LogP contribution in [0.1, 0.15) is 20.8 Å². The van der Waals surface area contributed by atoms with Crippen molar-refractivity contribution in [3.63, 3.8) is 0 Å². The summed E-state index contributed by atoms with van der Waals surface area (Å²) in [5.41, 5.74) is 2.95. The molecule has 7 heteroatoms. The zero-order valence-electron chi connectivity index (χ0n) is 9.89. The Labute approximate surface area is 99.1 Å². The third-order valence-corrected chi connectivity index (χ3v) is 1.73. The number of carbonyl (C=O) groups excluding carboxylic acids is 1. The van der Waals surface area contributed by atoms with E-state index >= 15 is 0 Å². The molecule has 0 aromatic rings. The molecule has 0 aliphatic carbocycles. The van der Waals surface area contributed by atoms with Crippen LogP contribution >= 0.6 is 0 Å². The Hall–Kier alpha value is -2.36. The average Bonchev–Trinajstić information content (AvgIpc) is 2.33. The minimum absolute atomic E-state index is 0.191. The molecule has 0 heterocycles. The highest BCUT2D eigenvalue weighted by atomic mass is 16.5. The molecule has 0 fully saturated rings. The van der Waals surface area contributed by atoms with Gasteiger partial charge in [0.25, 0.3) is 0 Å². The van der Waals surface area contributed by atoms with E-state index in [1.807, 2.05) is 0 Å². The Morgan fingerprint density at radius 2 is 2.18 bits per heavy atom. The van der Waals surface area contributed by atoms with Crippen LogP contribution in [-0.4, -0.2) is 29.2 Å².